The highest BCUT2D eigenvalue weighted by Gasteiger charge is 2.34. The van der Waals surface area contributed by atoms with Crippen LogP contribution in [0.1, 0.15) is 54.0 Å². The zero-order valence-corrected chi connectivity index (χ0v) is 19.1. The second kappa shape index (κ2) is 9.21. The smallest absolute Gasteiger partial charge is 0.330 e. The average Bonchev–Trinajstić information content (AvgIpc) is 3.04. The number of hydrogen-bond donors (Lipinski definition) is 1. The fourth-order valence-corrected chi connectivity index (χ4v) is 3.63. The van der Waals surface area contributed by atoms with Crippen LogP contribution in [-0.2, 0) is 18.0 Å². The Labute approximate surface area is 189 Å². The van der Waals surface area contributed by atoms with Crippen LogP contribution in [0.3, 0.4) is 0 Å². The Balaban J connectivity index is 1.92. The highest BCUT2D eigenvalue weighted by molar-refractivity contribution is 6.08. The van der Waals surface area contributed by atoms with Crippen molar-refractivity contribution >= 4 is 28.5 Å². The number of aryl methyl sites for hydroxylation is 2. The molecule has 0 aliphatic rings. The molecule has 0 spiro atoms. The summed E-state index contributed by atoms with van der Waals surface area (Å²) in [5, 5.41) is 7.25. The number of amides is 2. The Morgan fingerprint density at radius 2 is 1.88 bits per heavy atom. The standard InChI is InChI=1S/C23H26F3N5O2/c1-6-31(12-19(32)27-17-10-8-7-9-16(17)23(24,25)26)22(33)15-11-18(13(2)3)28-21-20(15)14(4)29-30(21)5/h7-11,13H,6,12H2,1-5H3,(H,27,32). The highest BCUT2D eigenvalue weighted by atomic mass is 19.4. The quantitative estimate of drug-likeness (QED) is 0.585. The second-order valence-electron chi connectivity index (χ2n) is 8.07. The molecule has 0 aliphatic heterocycles. The zero-order valence-electron chi connectivity index (χ0n) is 19.1. The maximum atomic E-state index is 13.4. The van der Waals surface area contributed by atoms with E-state index in [0.717, 1.165) is 6.07 Å². The summed E-state index contributed by atoms with van der Waals surface area (Å²) in [7, 11) is 1.74. The van der Waals surface area contributed by atoms with E-state index in [1.54, 1.807) is 31.6 Å². The van der Waals surface area contributed by atoms with Gasteiger partial charge in [0, 0.05) is 19.3 Å². The van der Waals surface area contributed by atoms with Gasteiger partial charge in [0.1, 0.15) is 6.54 Å². The van der Waals surface area contributed by atoms with Gasteiger partial charge in [0.25, 0.3) is 5.91 Å². The number of pyridine rings is 1. The number of fused-ring (bicyclic) bond motifs is 1. The number of hydrogen-bond acceptors (Lipinski definition) is 4. The number of benzene rings is 1. The topological polar surface area (TPSA) is 80.1 Å². The van der Waals surface area contributed by atoms with Crippen molar-refractivity contribution in [2.75, 3.05) is 18.4 Å². The SMILES string of the molecule is CCN(CC(=O)Nc1ccccc1C(F)(F)F)C(=O)c1cc(C(C)C)nc2c1c(C)nn2C. The van der Waals surface area contributed by atoms with Crippen molar-refractivity contribution in [1.29, 1.82) is 0 Å². The lowest BCUT2D eigenvalue weighted by atomic mass is 10.0. The Morgan fingerprint density at radius 3 is 2.48 bits per heavy atom. The van der Waals surface area contributed by atoms with Crippen molar-refractivity contribution in [1.82, 2.24) is 19.7 Å². The van der Waals surface area contributed by atoms with Gasteiger partial charge in [-0.1, -0.05) is 26.0 Å². The van der Waals surface area contributed by atoms with Gasteiger partial charge in [-0.25, -0.2) is 4.98 Å². The largest absolute Gasteiger partial charge is 0.418 e. The van der Waals surface area contributed by atoms with Crippen molar-refractivity contribution in [2.24, 2.45) is 7.05 Å². The number of para-hydroxylation sites is 1. The number of anilines is 1. The summed E-state index contributed by atoms with van der Waals surface area (Å²) >= 11 is 0. The zero-order chi connectivity index (χ0) is 24.5. The molecule has 2 aromatic heterocycles. The number of rotatable bonds is 6. The summed E-state index contributed by atoms with van der Waals surface area (Å²) in [6, 6.07) is 6.42. The molecule has 0 aliphatic carbocycles. The van der Waals surface area contributed by atoms with E-state index < -0.39 is 30.1 Å². The average molecular weight is 461 g/mol. The molecule has 0 fully saturated rings. The monoisotopic (exact) mass is 461 g/mol. The maximum absolute atomic E-state index is 13.4. The van der Waals surface area contributed by atoms with E-state index in [1.807, 2.05) is 13.8 Å². The molecular weight excluding hydrogens is 435 g/mol. The van der Waals surface area contributed by atoms with Gasteiger partial charge in [-0.3, -0.25) is 14.3 Å². The molecular formula is C23H26F3N5O2. The predicted molar refractivity (Wildman–Crippen MR) is 119 cm³/mol. The van der Waals surface area contributed by atoms with Crippen LogP contribution in [0.2, 0.25) is 0 Å². The minimum absolute atomic E-state index is 0.0494. The van der Waals surface area contributed by atoms with Crippen molar-refractivity contribution < 1.29 is 22.8 Å². The van der Waals surface area contributed by atoms with Gasteiger partial charge < -0.3 is 10.2 Å². The Morgan fingerprint density at radius 1 is 1.21 bits per heavy atom. The summed E-state index contributed by atoms with van der Waals surface area (Å²) in [6.07, 6.45) is -4.61. The van der Waals surface area contributed by atoms with E-state index in [0.29, 0.717) is 28.0 Å². The summed E-state index contributed by atoms with van der Waals surface area (Å²) in [5.41, 5.74) is 0.944. The summed E-state index contributed by atoms with van der Waals surface area (Å²) in [6.45, 7) is 7.16. The number of carbonyl (C=O) groups excluding carboxylic acids is 2. The molecule has 176 valence electrons. The second-order valence-corrected chi connectivity index (χ2v) is 8.07. The molecule has 2 amide bonds. The van der Waals surface area contributed by atoms with E-state index in [2.05, 4.69) is 15.4 Å². The normalized spacial score (nSPS) is 11.8. The summed E-state index contributed by atoms with van der Waals surface area (Å²) < 4.78 is 41.3. The lowest BCUT2D eigenvalue weighted by Gasteiger charge is -2.22. The molecule has 0 bridgehead atoms. The van der Waals surface area contributed by atoms with Crippen molar-refractivity contribution in [3.63, 3.8) is 0 Å². The van der Waals surface area contributed by atoms with E-state index in [9.17, 15) is 22.8 Å². The van der Waals surface area contributed by atoms with Gasteiger partial charge >= 0.3 is 6.18 Å². The van der Waals surface area contributed by atoms with Crippen molar-refractivity contribution in [2.45, 2.75) is 39.8 Å². The molecule has 1 N–H and O–H groups in total. The fourth-order valence-electron chi connectivity index (χ4n) is 3.63. The van der Waals surface area contributed by atoms with Gasteiger partial charge in [0.15, 0.2) is 5.65 Å². The van der Waals surface area contributed by atoms with Gasteiger partial charge in [0.2, 0.25) is 5.91 Å². The third kappa shape index (κ3) is 4.99. The van der Waals surface area contributed by atoms with Gasteiger partial charge in [-0.05, 0) is 38.0 Å². The molecule has 3 rings (SSSR count). The minimum Gasteiger partial charge on any atom is -0.330 e. The number of likely N-dealkylation sites (N-methyl/N-ethyl adjacent to an activating group) is 1. The van der Waals surface area contributed by atoms with Crippen molar-refractivity contribution in [3.8, 4) is 0 Å². The first-order valence-corrected chi connectivity index (χ1v) is 10.5. The third-order valence-corrected chi connectivity index (χ3v) is 5.32. The molecule has 33 heavy (non-hydrogen) atoms. The molecule has 0 radical (unpaired) electrons. The Bertz CT molecular complexity index is 1200. The number of aromatic nitrogens is 3. The van der Waals surface area contributed by atoms with Crippen LogP contribution >= 0.6 is 0 Å². The molecule has 0 unspecified atom stereocenters. The Hall–Kier alpha value is -3.43. The fraction of sp³-hybridized carbons (Fsp3) is 0.391. The molecule has 3 aromatic rings. The summed E-state index contributed by atoms with van der Waals surface area (Å²) in [4.78, 5) is 32.0. The highest BCUT2D eigenvalue weighted by Crippen LogP contribution is 2.34. The molecule has 0 saturated heterocycles. The number of nitrogens with one attached hydrogen (secondary N) is 1. The lowest BCUT2D eigenvalue weighted by Crippen LogP contribution is -2.38. The predicted octanol–water partition coefficient (Wildman–Crippen LogP) is 4.52. The van der Waals surface area contributed by atoms with Crippen LogP contribution in [0.5, 0.6) is 0 Å². The number of carbonyl (C=O) groups is 2. The molecule has 2 heterocycles. The minimum atomic E-state index is -4.61. The molecule has 0 saturated carbocycles. The van der Waals surface area contributed by atoms with Gasteiger partial charge in [-0.15, -0.1) is 0 Å². The Kier molecular flexibility index (Phi) is 6.76. The number of halogens is 3. The van der Waals surface area contributed by atoms with Gasteiger partial charge in [-0.2, -0.15) is 18.3 Å². The number of nitrogens with zero attached hydrogens (tertiary/aromatic N) is 4. The van der Waals surface area contributed by atoms with Crippen LogP contribution in [-0.4, -0.2) is 44.6 Å². The van der Waals surface area contributed by atoms with Crippen LogP contribution in [0, 0.1) is 6.92 Å². The molecule has 7 nitrogen and oxygen atoms in total. The van der Waals surface area contributed by atoms with Crippen LogP contribution in [0.25, 0.3) is 11.0 Å². The van der Waals surface area contributed by atoms with Crippen molar-refractivity contribution in [3.05, 3.63) is 52.8 Å². The lowest BCUT2D eigenvalue weighted by molar-refractivity contribution is -0.137. The van der Waals surface area contributed by atoms with Gasteiger partial charge in [0.05, 0.1) is 27.9 Å². The first-order chi connectivity index (χ1) is 15.4. The third-order valence-electron chi connectivity index (χ3n) is 5.32. The maximum Gasteiger partial charge on any atom is 0.418 e. The molecule has 1 aromatic carbocycles. The van der Waals surface area contributed by atoms with E-state index in [-0.39, 0.29) is 18.2 Å². The van der Waals surface area contributed by atoms with E-state index in [1.165, 1.54) is 23.1 Å². The molecule has 10 heteroatoms. The van der Waals surface area contributed by atoms with Crippen LogP contribution in [0.4, 0.5) is 18.9 Å². The number of alkyl halides is 3. The summed E-state index contributed by atoms with van der Waals surface area (Å²) in [5.74, 6) is -1.09. The van der Waals surface area contributed by atoms with E-state index in [4.69, 9.17) is 0 Å². The molecule has 0 atom stereocenters. The van der Waals surface area contributed by atoms with E-state index >= 15 is 0 Å². The van der Waals surface area contributed by atoms with Crippen LogP contribution in [0.15, 0.2) is 30.3 Å². The first kappa shape index (κ1) is 24.2. The first-order valence-electron chi connectivity index (χ1n) is 10.5. The van der Waals surface area contributed by atoms with Crippen LogP contribution < -0.4 is 5.32 Å².